The zero-order chi connectivity index (χ0) is 15.3. The first-order valence-electron chi connectivity index (χ1n) is 8.30. The van der Waals surface area contributed by atoms with Gasteiger partial charge in [0.05, 0.1) is 0 Å². The lowest BCUT2D eigenvalue weighted by Crippen LogP contribution is -2.60. The van der Waals surface area contributed by atoms with Crippen LogP contribution in [-0.4, -0.2) is 39.1 Å². The van der Waals surface area contributed by atoms with Crippen molar-refractivity contribution in [3.05, 3.63) is 18.2 Å². The standard InChI is InChI=1S/C16H31N5/c1-4-20-12-9-18-15(20)13-14(19-17)16(2,3)21-10-7-5-6-8-11-21/h9,12,14,19H,4-8,10-11,13,17H2,1-3H3. The Morgan fingerprint density at radius 3 is 2.52 bits per heavy atom. The number of hydrogen-bond acceptors (Lipinski definition) is 4. The van der Waals surface area contributed by atoms with Crippen LogP contribution in [0.1, 0.15) is 52.3 Å². The van der Waals surface area contributed by atoms with Crippen molar-refractivity contribution in [3.8, 4) is 0 Å². The minimum Gasteiger partial charge on any atom is -0.335 e. The van der Waals surface area contributed by atoms with E-state index < -0.39 is 0 Å². The predicted molar refractivity (Wildman–Crippen MR) is 86.8 cm³/mol. The maximum absolute atomic E-state index is 5.90. The van der Waals surface area contributed by atoms with E-state index in [0.29, 0.717) is 0 Å². The second-order valence-corrected chi connectivity index (χ2v) is 6.61. The molecule has 1 atom stereocenters. The summed E-state index contributed by atoms with van der Waals surface area (Å²) in [4.78, 5) is 7.10. The van der Waals surface area contributed by atoms with Gasteiger partial charge in [0.25, 0.3) is 0 Å². The highest BCUT2D eigenvalue weighted by molar-refractivity contribution is 5.02. The molecule has 3 N–H and O–H groups in total. The molecule has 21 heavy (non-hydrogen) atoms. The van der Waals surface area contributed by atoms with Gasteiger partial charge in [0, 0.05) is 36.9 Å². The third-order valence-corrected chi connectivity index (χ3v) is 5.00. The Morgan fingerprint density at radius 1 is 1.29 bits per heavy atom. The van der Waals surface area contributed by atoms with Crippen LogP contribution in [0.15, 0.2) is 12.4 Å². The Hall–Kier alpha value is -0.910. The highest BCUT2D eigenvalue weighted by Crippen LogP contribution is 2.25. The van der Waals surface area contributed by atoms with Gasteiger partial charge in [-0.2, -0.15) is 0 Å². The van der Waals surface area contributed by atoms with Crippen molar-refractivity contribution in [3.63, 3.8) is 0 Å². The van der Waals surface area contributed by atoms with E-state index in [0.717, 1.165) is 18.8 Å². The lowest BCUT2D eigenvalue weighted by atomic mass is 9.89. The monoisotopic (exact) mass is 293 g/mol. The molecular weight excluding hydrogens is 262 g/mol. The van der Waals surface area contributed by atoms with E-state index >= 15 is 0 Å². The van der Waals surface area contributed by atoms with Gasteiger partial charge in [0.1, 0.15) is 5.82 Å². The minimum absolute atomic E-state index is 0.0314. The fourth-order valence-electron chi connectivity index (χ4n) is 3.38. The molecule has 0 aromatic carbocycles. The normalized spacial score (nSPS) is 19.4. The van der Waals surface area contributed by atoms with Crippen LogP contribution in [0.4, 0.5) is 0 Å². The van der Waals surface area contributed by atoms with Crippen molar-refractivity contribution >= 4 is 0 Å². The van der Waals surface area contributed by atoms with Crippen LogP contribution in [-0.2, 0) is 13.0 Å². The Kier molecular flexibility index (Phi) is 5.79. The smallest absolute Gasteiger partial charge is 0.110 e. The summed E-state index contributed by atoms with van der Waals surface area (Å²) in [5, 5.41) is 0. The zero-order valence-corrected chi connectivity index (χ0v) is 13.8. The summed E-state index contributed by atoms with van der Waals surface area (Å²) in [7, 11) is 0. The van der Waals surface area contributed by atoms with Crippen molar-refractivity contribution in [2.24, 2.45) is 5.84 Å². The molecule has 0 amide bonds. The lowest BCUT2D eigenvalue weighted by molar-refractivity contribution is 0.0824. The molecule has 2 rings (SSSR count). The minimum atomic E-state index is 0.0314. The number of nitrogens with two attached hydrogens (primary N) is 1. The Bertz CT molecular complexity index is 418. The molecule has 1 aromatic heterocycles. The molecule has 2 heterocycles. The maximum atomic E-state index is 5.90. The highest BCUT2D eigenvalue weighted by Gasteiger charge is 2.35. The zero-order valence-electron chi connectivity index (χ0n) is 13.8. The van der Waals surface area contributed by atoms with Crippen LogP contribution in [0.2, 0.25) is 0 Å². The van der Waals surface area contributed by atoms with E-state index in [-0.39, 0.29) is 11.6 Å². The summed E-state index contributed by atoms with van der Waals surface area (Å²) in [5.74, 6) is 7.01. The largest absolute Gasteiger partial charge is 0.335 e. The summed E-state index contributed by atoms with van der Waals surface area (Å²) < 4.78 is 2.20. The fourth-order valence-corrected chi connectivity index (χ4v) is 3.38. The van der Waals surface area contributed by atoms with Gasteiger partial charge in [0.15, 0.2) is 0 Å². The summed E-state index contributed by atoms with van der Waals surface area (Å²) in [6.45, 7) is 10.1. The van der Waals surface area contributed by atoms with Gasteiger partial charge in [-0.15, -0.1) is 0 Å². The average Bonchev–Trinajstić information content (AvgIpc) is 2.73. The summed E-state index contributed by atoms with van der Waals surface area (Å²) >= 11 is 0. The van der Waals surface area contributed by atoms with E-state index in [1.165, 1.54) is 38.8 Å². The number of imidazole rings is 1. The molecule has 1 unspecified atom stereocenters. The van der Waals surface area contributed by atoms with Crippen LogP contribution < -0.4 is 11.3 Å². The summed E-state index contributed by atoms with van der Waals surface area (Å²) in [6, 6.07) is 0.197. The first-order valence-corrected chi connectivity index (χ1v) is 8.30. The van der Waals surface area contributed by atoms with Crippen molar-refractivity contribution in [2.75, 3.05) is 13.1 Å². The highest BCUT2D eigenvalue weighted by atomic mass is 15.3. The number of aryl methyl sites for hydroxylation is 1. The SMILES string of the molecule is CCn1ccnc1CC(NN)C(C)(C)N1CCCCCC1. The van der Waals surface area contributed by atoms with E-state index in [4.69, 9.17) is 5.84 Å². The van der Waals surface area contributed by atoms with Gasteiger partial charge in [-0.1, -0.05) is 12.8 Å². The van der Waals surface area contributed by atoms with Crippen LogP contribution in [0.5, 0.6) is 0 Å². The number of nitrogens with one attached hydrogen (secondary N) is 1. The first kappa shape index (κ1) is 16.5. The second-order valence-electron chi connectivity index (χ2n) is 6.61. The second kappa shape index (κ2) is 7.38. The Balaban J connectivity index is 2.10. The number of hydrazine groups is 1. The molecule has 5 heteroatoms. The number of nitrogens with zero attached hydrogens (tertiary/aromatic N) is 3. The molecule has 0 saturated carbocycles. The molecule has 1 saturated heterocycles. The molecule has 0 spiro atoms. The third kappa shape index (κ3) is 3.84. The molecule has 0 aliphatic carbocycles. The maximum Gasteiger partial charge on any atom is 0.110 e. The quantitative estimate of drug-likeness (QED) is 0.621. The van der Waals surface area contributed by atoms with Crippen LogP contribution in [0, 0.1) is 0 Å². The lowest BCUT2D eigenvalue weighted by Gasteiger charge is -2.43. The Morgan fingerprint density at radius 2 is 1.95 bits per heavy atom. The molecule has 1 aliphatic rings. The molecule has 1 fully saturated rings. The molecule has 120 valence electrons. The van der Waals surface area contributed by atoms with E-state index in [2.05, 4.69) is 40.6 Å². The van der Waals surface area contributed by atoms with E-state index in [9.17, 15) is 0 Å². The van der Waals surface area contributed by atoms with E-state index in [1.54, 1.807) is 0 Å². The molecule has 5 nitrogen and oxygen atoms in total. The number of aromatic nitrogens is 2. The summed E-state index contributed by atoms with van der Waals surface area (Å²) in [6.07, 6.45) is 10.1. The predicted octanol–water partition coefficient (Wildman–Crippen LogP) is 1.93. The van der Waals surface area contributed by atoms with Gasteiger partial charge in [-0.05, 0) is 46.7 Å². The van der Waals surface area contributed by atoms with Gasteiger partial charge >= 0.3 is 0 Å². The van der Waals surface area contributed by atoms with Gasteiger partial charge in [-0.25, -0.2) is 4.98 Å². The third-order valence-electron chi connectivity index (χ3n) is 5.00. The van der Waals surface area contributed by atoms with Gasteiger partial charge < -0.3 is 4.57 Å². The van der Waals surface area contributed by atoms with Crippen LogP contribution >= 0.6 is 0 Å². The van der Waals surface area contributed by atoms with Crippen LogP contribution in [0.25, 0.3) is 0 Å². The Labute approximate surface area is 128 Å². The molecule has 1 aromatic rings. The number of rotatable bonds is 6. The topological polar surface area (TPSA) is 59.1 Å². The molecule has 0 radical (unpaired) electrons. The average molecular weight is 293 g/mol. The van der Waals surface area contributed by atoms with Crippen LogP contribution in [0.3, 0.4) is 0 Å². The van der Waals surface area contributed by atoms with Gasteiger partial charge in [0.2, 0.25) is 0 Å². The first-order chi connectivity index (χ1) is 10.1. The number of likely N-dealkylation sites (tertiary alicyclic amines) is 1. The van der Waals surface area contributed by atoms with Crippen molar-refractivity contribution in [1.29, 1.82) is 0 Å². The summed E-state index contributed by atoms with van der Waals surface area (Å²) in [5.41, 5.74) is 3.09. The molecule has 0 bridgehead atoms. The molecule has 1 aliphatic heterocycles. The molecular formula is C16H31N5. The van der Waals surface area contributed by atoms with Crippen molar-refractivity contribution in [2.45, 2.75) is 71.0 Å². The van der Waals surface area contributed by atoms with E-state index in [1.807, 2.05) is 12.4 Å². The number of hydrogen-bond donors (Lipinski definition) is 2. The van der Waals surface area contributed by atoms with Crippen molar-refractivity contribution in [1.82, 2.24) is 19.9 Å². The van der Waals surface area contributed by atoms with Gasteiger partial charge in [-0.3, -0.25) is 16.2 Å². The fraction of sp³-hybridized carbons (Fsp3) is 0.812. The van der Waals surface area contributed by atoms with Crippen molar-refractivity contribution < 1.29 is 0 Å².